The highest BCUT2D eigenvalue weighted by Crippen LogP contribution is 2.62. The van der Waals surface area contributed by atoms with Crippen LogP contribution < -0.4 is 10.6 Å². The van der Waals surface area contributed by atoms with Crippen LogP contribution in [0.3, 0.4) is 0 Å². The molecule has 98 valence electrons. The number of anilines is 1. The molecule has 2 saturated carbocycles. The highest BCUT2D eigenvalue weighted by atomic mass is 15.4. The summed E-state index contributed by atoms with van der Waals surface area (Å²) in [5.41, 5.74) is 5.93. The third-order valence-corrected chi connectivity index (χ3v) is 5.04. The first-order chi connectivity index (χ1) is 8.83. The molecule has 1 saturated heterocycles. The van der Waals surface area contributed by atoms with Crippen molar-refractivity contribution in [2.45, 2.75) is 44.1 Å². The van der Waals surface area contributed by atoms with Crippen LogP contribution in [-0.4, -0.2) is 34.3 Å². The van der Waals surface area contributed by atoms with Gasteiger partial charge in [-0.3, -0.25) is 5.10 Å². The van der Waals surface area contributed by atoms with Crippen LogP contribution in [0.2, 0.25) is 0 Å². The second kappa shape index (κ2) is 3.95. The van der Waals surface area contributed by atoms with Crippen LogP contribution in [0, 0.1) is 11.8 Å². The van der Waals surface area contributed by atoms with Crippen molar-refractivity contribution in [2.75, 3.05) is 18.0 Å². The first-order valence-electron chi connectivity index (χ1n) is 7.26. The predicted molar refractivity (Wildman–Crippen MR) is 69.4 cm³/mol. The Hall–Kier alpha value is -1.10. The maximum Gasteiger partial charge on any atom is 0.244 e. The average Bonchev–Trinajstić information content (AvgIpc) is 2.83. The Morgan fingerprint density at radius 1 is 1.11 bits per heavy atom. The minimum absolute atomic E-state index is 0.363. The van der Waals surface area contributed by atoms with Crippen molar-refractivity contribution in [1.29, 1.82) is 0 Å². The number of piperidine rings is 1. The predicted octanol–water partition coefficient (Wildman–Crippen LogP) is 1.25. The zero-order valence-electron chi connectivity index (χ0n) is 10.7. The number of aromatic amines is 1. The van der Waals surface area contributed by atoms with E-state index in [0.717, 1.165) is 49.5 Å². The molecule has 5 heteroatoms. The minimum atomic E-state index is 0.363. The first kappa shape index (κ1) is 10.8. The van der Waals surface area contributed by atoms with Crippen molar-refractivity contribution in [3.05, 3.63) is 5.82 Å². The number of fused-ring (bicyclic) bond motifs is 1. The molecule has 2 unspecified atom stereocenters. The highest BCUT2D eigenvalue weighted by molar-refractivity contribution is 5.32. The zero-order chi connectivity index (χ0) is 12.1. The van der Waals surface area contributed by atoms with Crippen LogP contribution >= 0.6 is 0 Å². The Balaban J connectivity index is 1.46. The van der Waals surface area contributed by atoms with Gasteiger partial charge in [0.25, 0.3) is 0 Å². The monoisotopic (exact) mass is 247 g/mol. The maximum absolute atomic E-state index is 5.93. The van der Waals surface area contributed by atoms with E-state index in [1.807, 2.05) is 0 Å². The topological polar surface area (TPSA) is 70.8 Å². The number of nitrogens with two attached hydrogens (primary N) is 1. The molecule has 4 rings (SSSR count). The van der Waals surface area contributed by atoms with Gasteiger partial charge in [0.15, 0.2) is 0 Å². The molecule has 1 aromatic rings. The van der Waals surface area contributed by atoms with Crippen molar-refractivity contribution in [1.82, 2.24) is 15.2 Å². The number of H-pyrrole nitrogens is 1. The zero-order valence-corrected chi connectivity index (χ0v) is 10.7. The maximum atomic E-state index is 5.93. The fourth-order valence-corrected chi connectivity index (χ4v) is 3.88. The standard InChI is InChI=1S/C13H21N5/c14-8-4-6-18(7-5-8)13-15-12(16-17-13)11-9-2-1-3-10(9)11/h8-11H,1-7,14H2,(H,15,16,17). The third-order valence-electron chi connectivity index (χ3n) is 5.04. The molecule has 0 aromatic carbocycles. The molecule has 0 amide bonds. The molecule has 2 atom stereocenters. The molecule has 0 radical (unpaired) electrons. The van der Waals surface area contributed by atoms with Crippen molar-refractivity contribution < 1.29 is 0 Å². The molecule has 1 aromatic heterocycles. The van der Waals surface area contributed by atoms with Gasteiger partial charge in [0.2, 0.25) is 5.95 Å². The second-order valence-corrected chi connectivity index (χ2v) is 6.13. The number of hydrogen-bond donors (Lipinski definition) is 2. The summed E-state index contributed by atoms with van der Waals surface area (Å²) in [6, 6.07) is 0.363. The Morgan fingerprint density at radius 3 is 2.56 bits per heavy atom. The minimum Gasteiger partial charge on any atom is -0.339 e. The number of aromatic nitrogens is 3. The number of hydrogen-bond acceptors (Lipinski definition) is 4. The second-order valence-electron chi connectivity index (χ2n) is 6.13. The molecule has 5 nitrogen and oxygen atoms in total. The van der Waals surface area contributed by atoms with E-state index >= 15 is 0 Å². The summed E-state index contributed by atoms with van der Waals surface area (Å²) < 4.78 is 0. The molecule has 2 heterocycles. The number of nitrogens with one attached hydrogen (secondary N) is 1. The summed E-state index contributed by atoms with van der Waals surface area (Å²) >= 11 is 0. The fourth-order valence-electron chi connectivity index (χ4n) is 3.88. The first-order valence-corrected chi connectivity index (χ1v) is 7.26. The van der Waals surface area contributed by atoms with E-state index in [4.69, 9.17) is 10.7 Å². The van der Waals surface area contributed by atoms with Gasteiger partial charge in [-0.1, -0.05) is 6.42 Å². The molecule has 2 aliphatic carbocycles. The number of nitrogens with zero attached hydrogens (tertiary/aromatic N) is 3. The van der Waals surface area contributed by atoms with Crippen LogP contribution in [0.4, 0.5) is 5.95 Å². The summed E-state index contributed by atoms with van der Waals surface area (Å²) in [5, 5.41) is 7.57. The molecule has 18 heavy (non-hydrogen) atoms. The highest BCUT2D eigenvalue weighted by Gasteiger charge is 2.54. The number of rotatable bonds is 2. The van der Waals surface area contributed by atoms with Gasteiger partial charge in [-0.15, -0.1) is 5.10 Å². The van der Waals surface area contributed by atoms with Crippen LogP contribution in [0.5, 0.6) is 0 Å². The van der Waals surface area contributed by atoms with E-state index < -0.39 is 0 Å². The van der Waals surface area contributed by atoms with Crippen molar-refractivity contribution in [3.8, 4) is 0 Å². The lowest BCUT2D eigenvalue weighted by Crippen LogP contribution is -2.40. The van der Waals surface area contributed by atoms with E-state index in [0.29, 0.717) is 12.0 Å². The van der Waals surface area contributed by atoms with Crippen molar-refractivity contribution in [2.24, 2.45) is 17.6 Å². The summed E-state index contributed by atoms with van der Waals surface area (Å²) in [4.78, 5) is 6.99. The molecule has 1 aliphatic heterocycles. The fraction of sp³-hybridized carbons (Fsp3) is 0.846. The lowest BCUT2D eigenvalue weighted by atomic mass is 10.1. The molecular formula is C13H21N5. The summed E-state index contributed by atoms with van der Waals surface area (Å²) in [7, 11) is 0. The van der Waals surface area contributed by atoms with E-state index in [-0.39, 0.29) is 0 Å². The summed E-state index contributed by atoms with van der Waals surface area (Å²) in [6.45, 7) is 1.99. The lowest BCUT2D eigenvalue weighted by Gasteiger charge is -2.28. The Morgan fingerprint density at radius 2 is 1.83 bits per heavy atom. The van der Waals surface area contributed by atoms with E-state index in [2.05, 4.69) is 15.1 Å². The third kappa shape index (κ3) is 1.64. The SMILES string of the molecule is NC1CCN(c2n[nH]c(C3C4CCCC43)n2)CC1. The lowest BCUT2D eigenvalue weighted by molar-refractivity contribution is 0.496. The van der Waals surface area contributed by atoms with Gasteiger partial charge in [-0.2, -0.15) is 4.98 Å². The summed E-state index contributed by atoms with van der Waals surface area (Å²) in [5.74, 6) is 4.52. The Bertz CT molecular complexity index is 424. The molecule has 0 spiro atoms. The van der Waals surface area contributed by atoms with E-state index in [1.165, 1.54) is 19.3 Å². The van der Waals surface area contributed by atoms with E-state index in [1.54, 1.807) is 0 Å². The van der Waals surface area contributed by atoms with Crippen LogP contribution in [0.15, 0.2) is 0 Å². The van der Waals surface area contributed by atoms with Gasteiger partial charge >= 0.3 is 0 Å². The average molecular weight is 247 g/mol. The largest absolute Gasteiger partial charge is 0.339 e. The molecule has 3 aliphatic rings. The van der Waals surface area contributed by atoms with Gasteiger partial charge in [-0.05, 0) is 37.5 Å². The molecule has 3 fully saturated rings. The smallest absolute Gasteiger partial charge is 0.244 e. The van der Waals surface area contributed by atoms with Gasteiger partial charge in [0.1, 0.15) is 5.82 Å². The van der Waals surface area contributed by atoms with Crippen molar-refractivity contribution in [3.63, 3.8) is 0 Å². The van der Waals surface area contributed by atoms with Gasteiger partial charge in [-0.25, -0.2) is 0 Å². The Kier molecular flexibility index (Phi) is 2.37. The van der Waals surface area contributed by atoms with Gasteiger partial charge in [0.05, 0.1) is 0 Å². The van der Waals surface area contributed by atoms with Crippen molar-refractivity contribution >= 4 is 5.95 Å². The molecule has 0 bridgehead atoms. The van der Waals surface area contributed by atoms with Crippen LogP contribution in [-0.2, 0) is 0 Å². The van der Waals surface area contributed by atoms with E-state index in [9.17, 15) is 0 Å². The van der Waals surface area contributed by atoms with Gasteiger partial charge in [0, 0.05) is 25.0 Å². The van der Waals surface area contributed by atoms with Crippen LogP contribution in [0.25, 0.3) is 0 Å². The van der Waals surface area contributed by atoms with Gasteiger partial charge < -0.3 is 10.6 Å². The summed E-state index contributed by atoms with van der Waals surface area (Å²) in [6.07, 6.45) is 6.31. The normalized spacial score (nSPS) is 35.8. The Labute approximate surface area is 107 Å². The van der Waals surface area contributed by atoms with Crippen LogP contribution in [0.1, 0.15) is 43.8 Å². The quantitative estimate of drug-likeness (QED) is 0.825. The molecular weight excluding hydrogens is 226 g/mol. The molecule has 3 N–H and O–H groups in total.